The molecular formula is C6H9N3O3. The Morgan fingerprint density at radius 1 is 1.67 bits per heavy atom. The summed E-state index contributed by atoms with van der Waals surface area (Å²) in [5.74, 6) is -1.03. The zero-order valence-electron chi connectivity index (χ0n) is 6.29. The third kappa shape index (κ3) is 2.67. The van der Waals surface area contributed by atoms with Crippen molar-refractivity contribution in [2.24, 2.45) is 0 Å². The number of carboxylic acids is 1. The van der Waals surface area contributed by atoms with Crippen molar-refractivity contribution in [1.29, 1.82) is 0 Å². The molecular weight excluding hydrogens is 162 g/mol. The van der Waals surface area contributed by atoms with Gasteiger partial charge in [0.15, 0.2) is 0 Å². The molecule has 1 rings (SSSR count). The minimum atomic E-state index is -1.03. The predicted molar refractivity (Wildman–Crippen MR) is 38.3 cm³/mol. The Hall–Kier alpha value is -1.43. The van der Waals surface area contributed by atoms with Crippen LogP contribution in [0.4, 0.5) is 0 Å². The van der Waals surface area contributed by atoms with Crippen LogP contribution in [0, 0.1) is 0 Å². The SMILES string of the molecule is O=C(O)CC(O)Cn1cncn1. The molecule has 1 atom stereocenters. The molecule has 6 heteroatoms. The van der Waals surface area contributed by atoms with Crippen molar-refractivity contribution in [3.05, 3.63) is 12.7 Å². The molecule has 0 saturated carbocycles. The summed E-state index contributed by atoms with van der Waals surface area (Å²) in [5.41, 5.74) is 0. The highest BCUT2D eigenvalue weighted by molar-refractivity contribution is 5.67. The van der Waals surface area contributed by atoms with Gasteiger partial charge in [-0.3, -0.25) is 9.48 Å². The lowest BCUT2D eigenvalue weighted by Crippen LogP contribution is -2.19. The molecule has 1 unspecified atom stereocenters. The Balaban J connectivity index is 2.36. The fraction of sp³-hybridized carbons (Fsp3) is 0.500. The quantitative estimate of drug-likeness (QED) is 0.613. The van der Waals surface area contributed by atoms with Crippen LogP contribution in [0.5, 0.6) is 0 Å². The second-order valence-electron chi connectivity index (χ2n) is 2.37. The van der Waals surface area contributed by atoms with Crippen LogP contribution in [0.1, 0.15) is 6.42 Å². The number of carbonyl (C=O) groups is 1. The van der Waals surface area contributed by atoms with Crippen LogP contribution in [-0.4, -0.2) is 37.1 Å². The van der Waals surface area contributed by atoms with Gasteiger partial charge in [-0.15, -0.1) is 0 Å². The molecule has 6 nitrogen and oxygen atoms in total. The van der Waals surface area contributed by atoms with E-state index in [1.54, 1.807) is 0 Å². The highest BCUT2D eigenvalue weighted by Crippen LogP contribution is 1.94. The Bertz CT molecular complexity index is 247. The first kappa shape index (κ1) is 8.66. The van der Waals surface area contributed by atoms with Gasteiger partial charge in [-0.25, -0.2) is 4.98 Å². The summed E-state index contributed by atoms with van der Waals surface area (Å²) < 4.78 is 1.38. The van der Waals surface area contributed by atoms with E-state index in [9.17, 15) is 4.79 Å². The molecule has 2 N–H and O–H groups in total. The molecule has 0 spiro atoms. The van der Waals surface area contributed by atoms with Crippen LogP contribution in [0.25, 0.3) is 0 Å². The van der Waals surface area contributed by atoms with Gasteiger partial charge in [0.05, 0.1) is 19.1 Å². The van der Waals surface area contributed by atoms with E-state index >= 15 is 0 Å². The Morgan fingerprint density at radius 2 is 2.42 bits per heavy atom. The third-order valence-corrected chi connectivity index (χ3v) is 1.27. The van der Waals surface area contributed by atoms with Crippen LogP contribution in [0.15, 0.2) is 12.7 Å². The lowest BCUT2D eigenvalue weighted by molar-refractivity contribution is -0.139. The Labute approximate surface area is 68.5 Å². The maximum atomic E-state index is 10.1. The summed E-state index contributed by atoms with van der Waals surface area (Å²) in [6.45, 7) is 0.159. The van der Waals surface area contributed by atoms with Crippen molar-refractivity contribution < 1.29 is 15.0 Å². The molecule has 1 aromatic rings. The predicted octanol–water partition coefficient (Wildman–Crippen LogP) is -0.886. The summed E-state index contributed by atoms with van der Waals surface area (Å²) in [6.07, 6.45) is 1.56. The molecule has 66 valence electrons. The molecule has 1 heterocycles. The standard InChI is InChI=1S/C6H9N3O3/c10-5(1-6(11)12)2-9-4-7-3-8-9/h3-5,10H,1-2H2,(H,11,12). The van der Waals surface area contributed by atoms with Crippen molar-refractivity contribution in [2.45, 2.75) is 19.1 Å². The fourth-order valence-electron chi connectivity index (χ4n) is 0.809. The lowest BCUT2D eigenvalue weighted by Gasteiger charge is -2.06. The van der Waals surface area contributed by atoms with Crippen molar-refractivity contribution in [3.8, 4) is 0 Å². The van der Waals surface area contributed by atoms with Gasteiger partial charge in [0, 0.05) is 0 Å². The van der Waals surface area contributed by atoms with Crippen LogP contribution in [0.2, 0.25) is 0 Å². The first-order valence-corrected chi connectivity index (χ1v) is 3.41. The Kier molecular flexibility index (Phi) is 2.76. The smallest absolute Gasteiger partial charge is 0.306 e. The van der Waals surface area contributed by atoms with E-state index in [1.165, 1.54) is 17.3 Å². The molecule has 0 aliphatic carbocycles. The van der Waals surface area contributed by atoms with Gasteiger partial charge in [-0.2, -0.15) is 5.10 Å². The van der Waals surface area contributed by atoms with E-state index in [1.807, 2.05) is 0 Å². The molecule has 0 bridgehead atoms. The number of hydrogen-bond acceptors (Lipinski definition) is 4. The highest BCUT2D eigenvalue weighted by atomic mass is 16.4. The van der Waals surface area contributed by atoms with Crippen LogP contribution in [-0.2, 0) is 11.3 Å². The molecule has 0 fully saturated rings. The second kappa shape index (κ2) is 3.82. The van der Waals surface area contributed by atoms with Gasteiger partial charge >= 0.3 is 5.97 Å². The molecule has 0 radical (unpaired) electrons. The van der Waals surface area contributed by atoms with Crippen molar-refractivity contribution >= 4 is 5.97 Å². The fourth-order valence-corrected chi connectivity index (χ4v) is 0.809. The molecule has 12 heavy (non-hydrogen) atoms. The normalized spacial score (nSPS) is 12.8. The summed E-state index contributed by atoms with van der Waals surface area (Å²) in [4.78, 5) is 13.8. The molecule has 0 amide bonds. The molecule has 0 aliphatic rings. The average Bonchev–Trinajstić information content (AvgIpc) is 2.37. The first-order valence-electron chi connectivity index (χ1n) is 3.41. The first-order chi connectivity index (χ1) is 5.68. The summed E-state index contributed by atoms with van der Waals surface area (Å²) in [7, 11) is 0. The average molecular weight is 171 g/mol. The molecule has 0 aliphatic heterocycles. The van der Waals surface area contributed by atoms with Gasteiger partial charge in [-0.1, -0.05) is 0 Å². The van der Waals surface area contributed by atoms with E-state index < -0.39 is 12.1 Å². The van der Waals surface area contributed by atoms with Gasteiger partial charge in [0.1, 0.15) is 12.7 Å². The summed E-state index contributed by atoms with van der Waals surface area (Å²) >= 11 is 0. The zero-order valence-corrected chi connectivity index (χ0v) is 6.29. The maximum Gasteiger partial charge on any atom is 0.306 e. The number of aliphatic hydroxyl groups excluding tert-OH is 1. The van der Waals surface area contributed by atoms with Crippen LogP contribution < -0.4 is 0 Å². The minimum Gasteiger partial charge on any atom is -0.481 e. The molecule has 0 aromatic carbocycles. The van der Waals surface area contributed by atoms with E-state index in [0.717, 1.165) is 0 Å². The topological polar surface area (TPSA) is 88.2 Å². The molecule has 0 saturated heterocycles. The van der Waals surface area contributed by atoms with E-state index in [4.69, 9.17) is 10.2 Å². The van der Waals surface area contributed by atoms with E-state index in [-0.39, 0.29) is 13.0 Å². The minimum absolute atomic E-state index is 0.159. The van der Waals surface area contributed by atoms with Gasteiger partial charge < -0.3 is 10.2 Å². The summed E-state index contributed by atoms with van der Waals surface area (Å²) in [6, 6.07) is 0. The third-order valence-electron chi connectivity index (χ3n) is 1.27. The maximum absolute atomic E-state index is 10.1. The number of hydrogen-bond donors (Lipinski definition) is 2. The molecule has 1 aromatic heterocycles. The van der Waals surface area contributed by atoms with Crippen molar-refractivity contribution in [1.82, 2.24) is 14.8 Å². The van der Waals surface area contributed by atoms with Crippen molar-refractivity contribution in [3.63, 3.8) is 0 Å². The Morgan fingerprint density at radius 3 is 2.92 bits per heavy atom. The van der Waals surface area contributed by atoms with E-state index in [2.05, 4.69) is 10.1 Å². The second-order valence-corrected chi connectivity index (χ2v) is 2.37. The number of aliphatic carboxylic acids is 1. The van der Waals surface area contributed by atoms with Gasteiger partial charge in [-0.05, 0) is 0 Å². The number of aromatic nitrogens is 3. The number of nitrogens with zero attached hydrogens (tertiary/aromatic N) is 3. The number of rotatable bonds is 4. The van der Waals surface area contributed by atoms with Gasteiger partial charge in [0.2, 0.25) is 0 Å². The summed E-state index contributed by atoms with van der Waals surface area (Å²) in [5, 5.41) is 21.1. The lowest BCUT2D eigenvalue weighted by atomic mass is 10.2. The monoisotopic (exact) mass is 171 g/mol. The van der Waals surface area contributed by atoms with Crippen molar-refractivity contribution in [2.75, 3.05) is 0 Å². The van der Waals surface area contributed by atoms with E-state index in [0.29, 0.717) is 0 Å². The van der Waals surface area contributed by atoms with Crippen LogP contribution >= 0.6 is 0 Å². The number of aliphatic hydroxyl groups is 1. The largest absolute Gasteiger partial charge is 0.481 e. The zero-order chi connectivity index (χ0) is 8.97. The highest BCUT2D eigenvalue weighted by Gasteiger charge is 2.09. The van der Waals surface area contributed by atoms with Crippen LogP contribution in [0.3, 0.4) is 0 Å². The number of carboxylic acid groups (broad SMARTS) is 1. The van der Waals surface area contributed by atoms with Gasteiger partial charge in [0.25, 0.3) is 0 Å².